The van der Waals surface area contributed by atoms with Crippen LogP contribution in [-0.2, 0) is 0 Å². The minimum atomic E-state index is -0.153. The molecule has 0 aromatic rings. The van der Waals surface area contributed by atoms with Gasteiger partial charge in [0.2, 0.25) is 0 Å². The van der Waals surface area contributed by atoms with Crippen molar-refractivity contribution < 1.29 is 5.11 Å². The van der Waals surface area contributed by atoms with E-state index in [2.05, 4.69) is 32.6 Å². The summed E-state index contributed by atoms with van der Waals surface area (Å²) >= 11 is 0. The third-order valence-electron chi connectivity index (χ3n) is 7.58. The summed E-state index contributed by atoms with van der Waals surface area (Å²) < 4.78 is 0. The number of aliphatic hydroxyl groups excluding tert-OH is 1. The SMILES string of the molecule is CCCCCCCCCCCCCCCCCCN(CCCCC)C(C)C(O)CCCCC. The minimum absolute atomic E-state index is 0.153. The Morgan fingerprint density at radius 1 is 0.455 bits per heavy atom. The molecule has 200 valence electrons. The van der Waals surface area contributed by atoms with Crippen molar-refractivity contribution in [2.45, 2.75) is 188 Å². The van der Waals surface area contributed by atoms with Crippen LogP contribution in [0.3, 0.4) is 0 Å². The molecule has 0 saturated heterocycles. The van der Waals surface area contributed by atoms with E-state index < -0.39 is 0 Å². The molecule has 1 N–H and O–H groups in total. The summed E-state index contributed by atoms with van der Waals surface area (Å²) in [5.41, 5.74) is 0. The molecule has 0 saturated carbocycles. The summed E-state index contributed by atoms with van der Waals surface area (Å²) in [6, 6.07) is 0.315. The van der Waals surface area contributed by atoms with Crippen molar-refractivity contribution >= 4 is 0 Å². The first-order valence-electron chi connectivity index (χ1n) is 15.6. The molecular weight excluding hydrogens is 402 g/mol. The summed E-state index contributed by atoms with van der Waals surface area (Å²) in [6.07, 6.45) is 31.2. The molecule has 0 aromatic carbocycles. The van der Waals surface area contributed by atoms with E-state index in [0.717, 1.165) is 6.42 Å². The van der Waals surface area contributed by atoms with Gasteiger partial charge in [-0.2, -0.15) is 0 Å². The normalized spacial score (nSPS) is 13.6. The third kappa shape index (κ3) is 22.1. The van der Waals surface area contributed by atoms with Crippen molar-refractivity contribution in [1.29, 1.82) is 0 Å². The highest BCUT2D eigenvalue weighted by molar-refractivity contribution is 4.75. The maximum atomic E-state index is 10.7. The Balaban J connectivity index is 3.72. The molecule has 0 aliphatic rings. The molecule has 0 amide bonds. The van der Waals surface area contributed by atoms with E-state index >= 15 is 0 Å². The van der Waals surface area contributed by atoms with Crippen LogP contribution in [0.4, 0.5) is 0 Å². The topological polar surface area (TPSA) is 23.5 Å². The molecule has 0 aliphatic carbocycles. The number of rotatable bonds is 27. The predicted molar refractivity (Wildman–Crippen MR) is 150 cm³/mol. The Bertz CT molecular complexity index is 359. The summed E-state index contributed by atoms with van der Waals surface area (Å²) in [4.78, 5) is 2.59. The second kappa shape index (κ2) is 26.5. The first-order valence-corrected chi connectivity index (χ1v) is 15.6. The van der Waals surface area contributed by atoms with Crippen LogP contribution in [0, 0.1) is 0 Å². The van der Waals surface area contributed by atoms with E-state index in [1.165, 1.54) is 154 Å². The fourth-order valence-corrected chi connectivity index (χ4v) is 5.03. The van der Waals surface area contributed by atoms with E-state index in [4.69, 9.17) is 0 Å². The second-order valence-corrected chi connectivity index (χ2v) is 10.9. The smallest absolute Gasteiger partial charge is 0.0692 e. The Morgan fingerprint density at radius 3 is 1.18 bits per heavy atom. The van der Waals surface area contributed by atoms with E-state index in [1.54, 1.807) is 0 Å². The third-order valence-corrected chi connectivity index (χ3v) is 7.58. The average molecular weight is 468 g/mol. The summed E-state index contributed by atoms with van der Waals surface area (Å²) in [5, 5.41) is 10.7. The van der Waals surface area contributed by atoms with E-state index in [1.807, 2.05) is 0 Å². The lowest BCUT2D eigenvalue weighted by atomic mass is 10.0. The van der Waals surface area contributed by atoms with Crippen LogP contribution in [0.1, 0.15) is 175 Å². The lowest BCUT2D eigenvalue weighted by molar-refractivity contribution is 0.0488. The van der Waals surface area contributed by atoms with Crippen LogP contribution < -0.4 is 0 Å². The van der Waals surface area contributed by atoms with Crippen LogP contribution in [-0.4, -0.2) is 35.2 Å². The van der Waals surface area contributed by atoms with E-state index in [9.17, 15) is 5.11 Å². The molecule has 0 aromatic heterocycles. The molecule has 0 spiro atoms. The van der Waals surface area contributed by atoms with Crippen molar-refractivity contribution in [3.63, 3.8) is 0 Å². The number of unbranched alkanes of at least 4 members (excludes halogenated alkanes) is 19. The number of hydrogen-bond acceptors (Lipinski definition) is 2. The zero-order valence-corrected chi connectivity index (χ0v) is 23.7. The standard InChI is InChI=1S/C31H65NO/c1-5-8-11-12-13-14-15-16-17-18-19-20-21-22-23-26-29-32(28-25-10-7-3)30(4)31(33)27-24-9-6-2/h30-31,33H,5-29H2,1-4H3. The molecule has 0 rings (SSSR count). The van der Waals surface area contributed by atoms with Crippen LogP contribution in [0.25, 0.3) is 0 Å². The summed E-state index contributed by atoms with van der Waals surface area (Å²) in [6.45, 7) is 11.4. The molecule has 0 fully saturated rings. The van der Waals surface area contributed by atoms with Crippen molar-refractivity contribution in [2.75, 3.05) is 13.1 Å². The van der Waals surface area contributed by atoms with Gasteiger partial charge in [0.05, 0.1) is 6.10 Å². The first-order chi connectivity index (χ1) is 16.2. The van der Waals surface area contributed by atoms with Gasteiger partial charge < -0.3 is 5.11 Å². The van der Waals surface area contributed by atoms with E-state index in [0.29, 0.717) is 6.04 Å². The Hall–Kier alpha value is -0.0800. The zero-order chi connectivity index (χ0) is 24.4. The highest BCUT2D eigenvalue weighted by Crippen LogP contribution is 2.16. The van der Waals surface area contributed by atoms with Gasteiger partial charge in [-0.25, -0.2) is 0 Å². The van der Waals surface area contributed by atoms with Gasteiger partial charge >= 0.3 is 0 Å². The number of aliphatic hydroxyl groups is 1. The molecular formula is C31H65NO. The summed E-state index contributed by atoms with van der Waals surface area (Å²) in [5.74, 6) is 0. The molecule has 0 bridgehead atoms. The first kappa shape index (κ1) is 32.9. The molecule has 33 heavy (non-hydrogen) atoms. The van der Waals surface area contributed by atoms with Crippen LogP contribution in [0.2, 0.25) is 0 Å². The highest BCUT2D eigenvalue weighted by Gasteiger charge is 2.20. The van der Waals surface area contributed by atoms with Gasteiger partial charge in [-0.05, 0) is 39.3 Å². The minimum Gasteiger partial charge on any atom is -0.392 e. The molecule has 0 heterocycles. The molecule has 2 atom stereocenters. The predicted octanol–water partition coefficient (Wildman–Crippen LogP) is 10.1. The summed E-state index contributed by atoms with van der Waals surface area (Å²) in [7, 11) is 0. The second-order valence-electron chi connectivity index (χ2n) is 10.9. The van der Waals surface area contributed by atoms with Gasteiger partial charge in [-0.1, -0.05) is 149 Å². The largest absolute Gasteiger partial charge is 0.392 e. The van der Waals surface area contributed by atoms with Gasteiger partial charge in [-0.15, -0.1) is 0 Å². The van der Waals surface area contributed by atoms with Crippen molar-refractivity contribution in [3.8, 4) is 0 Å². The van der Waals surface area contributed by atoms with Gasteiger partial charge in [-0.3, -0.25) is 4.90 Å². The van der Waals surface area contributed by atoms with Gasteiger partial charge in [0.1, 0.15) is 0 Å². The van der Waals surface area contributed by atoms with Crippen LogP contribution in [0.15, 0.2) is 0 Å². The Morgan fingerprint density at radius 2 is 0.758 bits per heavy atom. The quantitative estimate of drug-likeness (QED) is 0.121. The maximum Gasteiger partial charge on any atom is 0.0692 e. The highest BCUT2D eigenvalue weighted by atomic mass is 16.3. The molecule has 0 aliphatic heterocycles. The zero-order valence-electron chi connectivity index (χ0n) is 23.7. The van der Waals surface area contributed by atoms with Gasteiger partial charge in [0.25, 0.3) is 0 Å². The fraction of sp³-hybridized carbons (Fsp3) is 1.00. The lowest BCUT2D eigenvalue weighted by Gasteiger charge is -2.32. The average Bonchev–Trinajstić information content (AvgIpc) is 2.82. The monoisotopic (exact) mass is 468 g/mol. The Kier molecular flexibility index (Phi) is 26.5. The molecule has 2 nitrogen and oxygen atoms in total. The van der Waals surface area contributed by atoms with Gasteiger partial charge in [0.15, 0.2) is 0 Å². The van der Waals surface area contributed by atoms with Crippen molar-refractivity contribution in [3.05, 3.63) is 0 Å². The molecule has 0 radical (unpaired) electrons. The van der Waals surface area contributed by atoms with Crippen molar-refractivity contribution in [1.82, 2.24) is 4.90 Å². The Labute approximate surface area is 210 Å². The number of hydrogen-bond donors (Lipinski definition) is 1. The molecule has 2 heteroatoms. The van der Waals surface area contributed by atoms with Crippen molar-refractivity contribution in [2.24, 2.45) is 0 Å². The van der Waals surface area contributed by atoms with Gasteiger partial charge in [0, 0.05) is 6.04 Å². The fourth-order valence-electron chi connectivity index (χ4n) is 5.03. The molecule has 2 unspecified atom stereocenters. The number of nitrogens with zero attached hydrogens (tertiary/aromatic N) is 1. The lowest BCUT2D eigenvalue weighted by Crippen LogP contribution is -2.42. The van der Waals surface area contributed by atoms with E-state index in [-0.39, 0.29) is 6.10 Å². The van der Waals surface area contributed by atoms with Crippen LogP contribution in [0.5, 0.6) is 0 Å². The maximum absolute atomic E-state index is 10.7. The van der Waals surface area contributed by atoms with Crippen LogP contribution >= 0.6 is 0 Å².